The highest BCUT2D eigenvalue weighted by Gasteiger charge is 2.20. The summed E-state index contributed by atoms with van der Waals surface area (Å²) >= 11 is 1.62. The Bertz CT molecular complexity index is 1200. The fourth-order valence-electron chi connectivity index (χ4n) is 3.84. The van der Waals surface area contributed by atoms with Gasteiger partial charge in [0.2, 0.25) is 11.8 Å². The Morgan fingerprint density at radius 2 is 1.97 bits per heavy atom. The molecule has 2 aromatic heterocycles. The number of nitrogens with one attached hydrogen (secondary N) is 2. The van der Waals surface area contributed by atoms with Crippen molar-refractivity contribution in [2.75, 3.05) is 10.6 Å². The van der Waals surface area contributed by atoms with Gasteiger partial charge in [0, 0.05) is 24.8 Å². The van der Waals surface area contributed by atoms with Gasteiger partial charge in [-0.05, 0) is 55.9 Å². The number of carbonyl (C=O) groups is 2. The molecule has 4 rings (SSSR count). The third-order valence-electron chi connectivity index (χ3n) is 5.28. The van der Waals surface area contributed by atoms with Crippen molar-refractivity contribution in [2.24, 2.45) is 0 Å². The lowest BCUT2D eigenvalue weighted by Gasteiger charge is -2.13. The van der Waals surface area contributed by atoms with Gasteiger partial charge < -0.3 is 10.6 Å². The normalized spacial score (nSPS) is 13.1. The first-order valence-electron chi connectivity index (χ1n) is 10.1. The molecule has 0 saturated heterocycles. The Balaban J connectivity index is 1.50. The van der Waals surface area contributed by atoms with Crippen LogP contribution in [0.1, 0.15) is 42.2 Å². The van der Waals surface area contributed by atoms with Crippen LogP contribution in [0, 0.1) is 6.92 Å². The van der Waals surface area contributed by atoms with E-state index in [-0.39, 0.29) is 30.3 Å². The van der Waals surface area contributed by atoms with E-state index >= 15 is 0 Å². The first kappa shape index (κ1) is 20.3. The number of amides is 2. The van der Waals surface area contributed by atoms with Crippen molar-refractivity contribution in [2.45, 2.75) is 52.5 Å². The molecule has 2 N–H and O–H groups in total. The van der Waals surface area contributed by atoms with Crippen molar-refractivity contribution in [3.05, 3.63) is 50.9 Å². The molecule has 0 radical (unpaired) electrons. The SMILES string of the molecule is CC(=O)Nc1ccc(C)cc1NC(=O)CCn1cnc2sc3c(c2c1=O)CCCC3. The molecule has 0 atom stereocenters. The second-order valence-electron chi connectivity index (χ2n) is 7.66. The summed E-state index contributed by atoms with van der Waals surface area (Å²) in [4.78, 5) is 43.5. The fourth-order valence-corrected chi connectivity index (χ4v) is 5.05. The summed E-state index contributed by atoms with van der Waals surface area (Å²) in [5.41, 5.74) is 3.14. The number of carbonyl (C=O) groups excluding carboxylic acids is 2. The zero-order chi connectivity index (χ0) is 21.3. The van der Waals surface area contributed by atoms with Crippen molar-refractivity contribution in [1.82, 2.24) is 9.55 Å². The summed E-state index contributed by atoms with van der Waals surface area (Å²) < 4.78 is 1.52. The highest BCUT2D eigenvalue weighted by Crippen LogP contribution is 2.33. The van der Waals surface area contributed by atoms with E-state index in [1.165, 1.54) is 22.7 Å². The van der Waals surface area contributed by atoms with Gasteiger partial charge in [-0.3, -0.25) is 19.0 Å². The number of hydrogen-bond donors (Lipinski definition) is 2. The topological polar surface area (TPSA) is 93.1 Å². The number of fused-ring (bicyclic) bond motifs is 3. The van der Waals surface area contributed by atoms with E-state index in [2.05, 4.69) is 15.6 Å². The molecule has 0 saturated carbocycles. The molecule has 0 spiro atoms. The third-order valence-corrected chi connectivity index (χ3v) is 6.48. The summed E-state index contributed by atoms with van der Waals surface area (Å²) in [5.74, 6) is -0.439. The van der Waals surface area contributed by atoms with Crippen molar-refractivity contribution < 1.29 is 9.59 Å². The first-order valence-corrected chi connectivity index (χ1v) is 10.9. The van der Waals surface area contributed by atoms with Gasteiger partial charge >= 0.3 is 0 Å². The van der Waals surface area contributed by atoms with Crippen LogP contribution in [0.15, 0.2) is 29.3 Å². The largest absolute Gasteiger partial charge is 0.325 e. The van der Waals surface area contributed by atoms with Crippen molar-refractivity contribution >= 4 is 44.7 Å². The minimum atomic E-state index is -0.230. The zero-order valence-corrected chi connectivity index (χ0v) is 17.9. The van der Waals surface area contributed by atoms with Crippen LogP contribution >= 0.6 is 11.3 Å². The Labute approximate surface area is 178 Å². The molecule has 0 fully saturated rings. The van der Waals surface area contributed by atoms with Crippen molar-refractivity contribution in [3.63, 3.8) is 0 Å². The Morgan fingerprint density at radius 1 is 1.17 bits per heavy atom. The monoisotopic (exact) mass is 424 g/mol. The molecule has 7 nitrogen and oxygen atoms in total. The van der Waals surface area contributed by atoms with Gasteiger partial charge in [0.05, 0.1) is 23.1 Å². The number of anilines is 2. The number of aryl methyl sites for hydroxylation is 4. The second kappa shape index (κ2) is 8.39. The first-order chi connectivity index (χ1) is 14.4. The third kappa shape index (κ3) is 4.14. The second-order valence-corrected chi connectivity index (χ2v) is 8.75. The van der Waals surface area contributed by atoms with Crippen LogP contribution < -0.4 is 16.2 Å². The molecule has 2 amide bonds. The van der Waals surface area contributed by atoms with E-state index in [0.29, 0.717) is 11.4 Å². The van der Waals surface area contributed by atoms with E-state index in [1.54, 1.807) is 23.5 Å². The number of rotatable bonds is 5. The fraction of sp³-hybridized carbons (Fsp3) is 0.364. The molecule has 30 heavy (non-hydrogen) atoms. The van der Waals surface area contributed by atoms with Crippen LogP contribution in [-0.4, -0.2) is 21.4 Å². The highest BCUT2D eigenvalue weighted by molar-refractivity contribution is 7.18. The van der Waals surface area contributed by atoms with E-state index < -0.39 is 0 Å². The number of nitrogens with zero attached hydrogens (tertiary/aromatic N) is 2. The van der Waals surface area contributed by atoms with Gasteiger partial charge in [-0.2, -0.15) is 0 Å². The quantitative estimate of drug-likeness (QED) is 0.654. The van der Waals surface area contributed by atoms with Crippen molar-refractivity contribution in [1.29, 1.82) is 0 Å². The van der Waals surface area contributed by atoms with Crippen LogP contribution in [0.5, 0.6) is 0 Å². The molecular weight excluding hydrogens is 400 g/mol. The summed E-state index contributed by atoms with van der Waals surface area (Å²) in [6.45, 7) is 3.58. The minimum absolute atomic E-state index is 0.0679. The van der Waals surface area contributed by atoms with Crippen LogP contribution in [0.3, 0.4) is 0 Å². The average Bonchev–Trinajstić information content (AvgIpc) is 3.08. The minimum Gasteiger partial charge on any atom is -0.325 e. The maximum atomic E-state index is 13.0. The lowest BCUT2D eigenvalue weighted by molar-refractivity contribution is -0.116. The maximum Gasteiger partial charge on any atom is 0.262 e. The van der Waals surface area contributed by atoms with Gasteiger partial charge in [-0.25, -0.2) is 4.98 Å². The number of benzene rings is 1. The molecule has 8 heteroatoms. The van der Waals surface area contributed by atoms with E-state index in [1.807, 2.05) is 13.0 Å². The lowest BCUT2D eigenvalue weighted by Crippen LogP contribution is -2.24. The molecule has 0 bridgehead atoms. The zero-order valence-electron chi connectivity index (χ0n) is 17.1. The highest BCUT2D eigenvalue weighted by atomic mass is 32.1. The predicted molar refractivity (Wildman–Crippen MR) is 119 cm³/mol. The van der Waals surface area contributed by atoms with E-state index in [9.17, 15) is 14.4 Å². The van der Waals surface area contributed by atoms with Crippen LogP contribution in [-0.2, 0) is 29.0 Å². The van der Waals surface area contributed by atoms with Crippen molar-refractivity contribution in [3.8, 4) is 0 Å². The van der Waals surface area contributed by atoms with E-state index in [4.69, 9.17) is 0 Å². The van der Waals surface area contributed by atoms with Crippen LogP contribution in [0.4, 0.5) is 11.4 Å². The molecule has 1 aliphatic carbocycles. The Morgan fingerprint density at radius 3 is 2.77 bits per heavy atom. The number of thiophene rings is 1. The summed E-state index contributed by atoms with van der Waals surface area (Å²) in [7, 11) is 0. The average molecular weight is 425 g/mol. The number of hydrogen-bond acceptors (Lipinski definition) is 5. The predicted octanol–water partition coefficient (Wildman–Crippen LogP) is 3.63. The van der Waals surface area contributed by atoms with Gasteiger partial charge in [0.15, 0.2) is 0 Å². The Hall–Kier alpha value is -3.00. The molecule has 0 unspecified atom stereocenters. The van der Waals surface area contributed by atoms with Gasteiger partial charge in [-0.1, -0.05) is 6.07 Å². The molecular formula is C22H24N4O3S. The van der Waals surface area contributed by atoms with E-state index in [0.717, 1.165) is 47.0 Å². The molecule has 156 valence electrons. The molecule has 2 heterocycles. The molecule has 3 aromatic rings. The molecule has 0 aliphatic heterocycles. The van der Waals surface area contributed by atoms with Crippen LogP contribution in [0.25, 0.3) is 10.2 Å². The van der Waals surface area contributed by atoms with Gasteiger partial charge in [0.25, 0.3) is 5.56 Å². The van der Waals surface area contributed by atoms with Gasteiger partial charge in [0.1, 0.15) is 4.83 Å². The summed E-state index contributed by atoms with van der Waals surface area (Å²) in [6, 6.07) is 5.43. The summed E-state index contributed by atoms with van der Waals surface area (Å²) in [6.07, 6.45) is 5.87. The molecule has 1 aromatic carbocycles. The molecule has 1 aliphatic rings. The van der Waals surface area contributed by atoms with Crippen LogP contribution in [0.2, 0.25) is 0 Å². The maximum absolute atomic E-state index is 13.0. The summed E-state index contributed by atoms with van der Waals surface area (Å²) in [5, 5.41) is 6.28. The lowest BCUT2D eigenvalue weighted by atomic mass is 9.97. The standard InChI is InChI=1S/C22H24N4O3S/c1-13-7-8-16(24-14(2)27)17(11-13)25-19(28)9-10-26-12-23-21-20(22(26)29)15-5-3-4-6-18(15)30-21/h7-8,11-12H,3-6,9-10H2,1-2H3,(H,24,27)(H,25,28). The Kier molecular flexibility index (Phi) is 5.67. The number of aromatic nitrogens is 2. The smallest absolute Gasteiger partial charge is 0.262 e. The van der Waals surface area contributed by atoms with Gasteiger partial charge in [-0.15, -0.1) is 11.3 Å².